The Labute approximate surface area is 117 Å². The van der Waals surface area contributed by atoms with Crippen LogP contribution in [0.4, 0.5) is 5.82 Å². The van der Waals surface area contributed by atoms with Crippen molar-refractivity contribution in [2.45, 2.75) is 25.8 Å². The summed E-state index contributed by atoms with van der Waals surface area (Å²) < 4.78 is 1.67. The van der Waals surface area contributed by atoms with Gasteiger partial charge in [-0.25, -0.2) is 10.4 Å². The second kappa shape index (κ2) is 5.10. The van der Waals surface area contributed by atoms with E-state index in [-0.39, 0.29) is 6.04 Å². The second-order valence-electron chi connectivity index (χ2n) is 5.15. The summed E-state index contributed by atoms with van der Waals surface area (Å²) in [6.07, 6.45) is 5.43. The van der Waals surface area contributed by atoms with Crippen molar-refractivity contribution < 1.29 is 0 Å². The van der Waals surface area contributed by atoms with Crippen LogP contribution in [0, 0.1) is 0 Å². The number of aromatic nitrogens is 3. The smallest absolute Gasteiger partial charge is 0.165 e. The van der Waals surface area contributed by atoms with Crippen LogP contribution in [-0.4, -0.2) is 27.2 Å². The van der Waals surface area contributed by atoms with Gasteiger partial charge in [0.05, 0.1) is 6.20 Å². The second-order valence-corrected chi connectivity index (χ2v) is 5.15. The van der Waals surface area contributed by atoms with Crippen LogP contribution in [0.25, 0.3) is 11.2 Å². The molecular formula is C13H19N7. The molecule has 7 heteroatoms. The Morgan fingerprint density at radius 1 is 1.50 bits per heavy atom. The molecule has 2 aromatic heterocycles. The zero-order valence-electron chi connectivity index (χ0n) is 11.4. The van der Waals surface area contributed by atoms with Gasteiger partial charge in [-0.3, -0.25) is 0 Å². The van der Waals surface area contributed by atoms with Crippen molar-refractivity contribution in [1.82, 2.24) is 25.4 Å². The van der Waals surface area contributed by atoms with Crippen LogP contribution in [0.1, 0.15) is 24.6 Å². The molecule has 6 N–H and O–H groups in total. The summed E-state index contributed by atoms with van der Waals surface area (Å²) in [7, 11) is 0. The van der Waals surface area contributed by atoms with Crippen molar-refractivity contribution in [2.24, 2.45) is 5.73 Å². The van der Waals surface area contributed by atoms with Gasteiger partial charge in [-0.15, -0.1) is 0 Å². The van der Waals surface area contributed by atoms with Crippen LogP contribution >= 0.6 is 0 Å². The van der Waals surface area contributed by atoms with Crippen LogP contribution in [0.5, 0.6) is 0 Å². The summed E-state index contributed by atoms with van der Waals surface area (Å²) in [5, 5.41) is 4.31. The van der Waals surface area contributed by atoms with E-state index in [1.54, 1.807) is 10.7 Å². The van der Waals surface area contributed by atoms with Crippen molar-refractivity contribution in [2.75, 3.05) is 12.3 Å². The predicted molar refractivity (Wildman–Crippen MR) is 78.5 cm³/mol. The fourth-order valence-electron chi connectivity index (χ4n) is 2.28. The molecule has 1 unspecified atom stereocenters. The number of nitrogens with zero attached hydrogens (tertiary/aromatic N) is 3. The molecule has 0 spiro atoms. The average Bonchev–Trinajstić information content (AvgIpc) is 3.04. The summed E-state index contributed by atoms with van der Waals surface area (Å²) >= 11 is 0. The fraction of sp³-hybridized carbons (Fsp3) is 0.385. The average molecular weight is 273 g/mol. The predicted octanol–water partition coefficient (Wildman–Crippen LogP) is 0.0400. The number of hydrogen-bond donors (Lipinski definition) is 4. The van der Waals surface area contributed by atoms with E-state index in [1.165, 1.54) is 0 Å². The minimum Gasteiger partial charge on any atom is -0.384 e. The Morgan fingerprint density at radius 3 is 3.05 bits per heavy atom. The van der Waals surface area contributed by atoms with Crippen molar-refractivity contribution in [1.29, 1.82) is 0 Å². The van der Waals surface area contributed by atoms with Gasteiger partial charge in [-0.05, 0) is 25.3 Å². The third-order valence-corrected chi connectivity index (χ3v) is 3.38. The summed E-state index contributed by atoms with van der Waals surface area (Å²) in [5.41, 5.74) is 21.7. The van der Waals surface area contributed by atoms with Crippen molar-refractivity contribution in [3.05, 3.63) is 29.7 Å². The van der Waals surface area contributed by atoms with Crippen LogP contribution in [-0.2, 0) is 6.42 Å². The molecule has 106 valence electrons. The molecule has 0 saturated carbocycles. The zero-order valence-corrected chi connectivity index (χ0v) is 11.4. The molecule has 0 aliphatic carbocycles. The topological polar surface area (TPSA) is 106 Å². The highest BCUT2D eigenvalue weighted by molar-refractivity contribution is 5.78. The third kappa shape index (κ3) is 2.33. The molecule has 20 heavy (non-hydrogen) atoms. The molecule has 3 heterocycles. The lowest BCUT2D eigenvalue weighted by Crippen LogP contribution is -2.20. The number of hydrogen-bond acceptors (Lipinski definition) is 6. The highest BCUT2D eigenvalue weighted by Crippen LogP contribution is 2.22. The zero-order chi connectivity index (χ0) is 14.1. The van der Waals surface area contributed by atoms with Gasteiger partial charge in [0.1, 0.15) is 5.82 Å². The maximum atomic E-state index is 6.05. The Kier molecular flexibility index (Phi) is 3.29. The number of nitrogens with two attached hydrogens (primary N) is 2. The maximum Gasteiger partial charge on any atom is 0.165 e. The number of nitrogen functional groups attached to an aromatic ring is 1. The van der Waals surface area contributed by atoms with E-state index >= 15 is 0 Å². The molecule has 1 aliphatic rings. The van der Waals surface area contributed by atoms with Gasteiger partial charge in [0.2, 0.25) is 0 Å². The first-order chi connectivity index (χ1) is 9.65. The van der Waals surface area contributed by atoms with Gasteiger partial charge < -0.3 is 16.9 Å². The monoisotopic (exact) mass is 273 g/mol. The van der Waals surface area contributed by atoms with Crippen molar-refractivity contribution in [3.63, 3.8) is 0 Å². The molecule has 2 aromatic rings. The lowest BCUT2D eigenvalue weighted by Gasteiger charge is -2.07. The minimum absolute atomic E-state index is 0.157. The van der Waals surface area contributed by atoms with E-state index < -0.39 is 0 Å². The van der Waals surface area contributed by atoms with Gasteiger partial charge in [-0.1, -0.05) is 0 Å². The van der Waals surface area contributed by atoms with Gasteiger partial charge in [-0.2, -0.15) is 9.61 Å². The molecule has 1 atom stereocenters. The van der Waals surface area contributed by atoms with Crippen LogP contribution < -0.4 is 22.3 Å². The highest BCUT2D eigenvalue weighted by atomic mass is 15.4. The van der Waals surface area contributed by atoms with Crippen LogP contribution in [0.2, 0.25) is 0 Å². The summed E-state index contributed by atoms with van der Waals surface area (Å²) in [5.74, 6) is 0.598. The standard InChI is InChI=1S/C13H19N7/c1-8(14)2-3-10-4-12(15)20-13(19-10)11(7-18-20)9-5-16-17-6-9/h4-5,7-8,16-17H,2-3,6,14-15H2,1H3. The van der Waals surface area contributed by atoms with E-state index in [0.29, 0.717) is 5.82 Å². The number of anilines is 1. The molecule has 3 rings (SSSR count). The first-order valence-corrected chi connectivity index (χ1v) is 6.71. The van der Waals surface area contributed by atoms with Crippen LogP contribution in [0.15, 0.2) is 18.5 Å². The Bertz CT molecular complexity index is 656. The number of fused-ring (bicyclic) bond motifs is 1. The van der Waals surface area contributed by atoms with E-state index in [0.717, 1.165) is 41.9 Å². The molecule has 0 fully saturated rings. The van der Waals surface area contributed by atoms with Crippen molar-refractivity contribution in [3.8, 4) is 0 Å². The Hall–Kier alpha value is -2.12. The van der Waals surface area contributed by atoms with E-state index in [4.69, 9.17) is 11.5 Å². The minimum atomic E-state index is 0.157. The van der Waals surface area contributed by atoms with Gasteiger partial charge >= 0.3 is 0 Å². The molecule has 0 bridgehead atoms. The normalized spacial score (nSPS) is 16.2. The summed E-state index contributed by atoms with van der Waals surface area (Å²) in [6, 6.07) is 2.02. The van der Waals surface area contributed by atoms with Gasteiger partial charge in [0.25, 0.3) is 0 Å². The molecule has 0 radical (unpaired) electrons. The lowest BCUT2D eigenvalue weighted by atomic mass is 10.1. The third-order valence-electron chi connectivity index (χ3n) is 3.38. The Balaban J connectivity index is 2.01. The first-order valence-electron chi connectivity index (χ1n) is 6.71. The number of rotatable bonds is 4. The number of hydrazine groups is 1. The molecule has 0 aromatic carbocycles. The molecular weight excluding hydrogens is 254 g/mol. The fourth-order valence-corrected chi connectivity index (χ4v) is 2.28. The van der Waals surface area contributed by atoms with Gasteiger partial charge in [0.15, 0.2) is 5.65 Å². The molecule has 7 nitrogen and oxygen atoms in total. The van der Waals surface area contributed by atoms with Gasteiger partial charge in [0, 0.05) is 36.1 Å². The first kappa shape index (κ1) is 12.9. The van der Waals surface area contributed by atoms with E-state index in [2.05, 4.69) is 20.9 Å². The largest absolute Gasteiger partial charge is 0.384 e. The van der Waals surface area contributed by atoms with E-state index in [9.17, 15) is 0 Å². The highest BCUT2D eigenvalue weighted by Gasteiger charge is 2.15. The number of nitrogens with one attached hydrogen (secondary N) is 2. The molecule has 0 saturated heterocycles. The van der Waals surface area contributed by atoms with E-state index in [1.807, 2.05) is 19.2 Å². The molecule has 0 amide bonds. The Morgan fingerprint density at radius 2 is 2.35 bits per heavy atom. The molecule has 1 aliphatic heterocycles. The summed E-state index contributed by atoms with van der Waals surface area (Å²) in [4.78, 5) is 4.68. The lowest BCUT2D eigenvalue weighted by molar-refractivity contribution is 0.658. The van der Waals surface area contributed by atoms with Crippen LogP contribution in [0.3, 0.4) is 0 Å². The van der Waals surface area contributed by atoms with Crippen molar-refractivity contribution >= 4 is 17.0 Å². The quantitative estimate of drug-likeness (QED) is 0.627. The maximum absolute atomic E-state index is 6.05. The number of aryl methyl sites for hydroxylation is 1. The SMILES string of the molecule is CC(N)CCc1cc(N)n2ncc(C3=CNNC3)c2n1. The summed E-state index contributed by atoms with van der Waals surface area (Å²) in [6.45, 7) is 2.74.